The second-order valence-electron chi connectivity index (χ2n) is 13.2. The third-order valence-corrected chi connectivity index (χ3v) is 10.3. The lowest BCUT2D eigenvalue weighted by Crippen LogP contribution is -2.57. The van der Waals surface area contributed by atoms with E-state index in [1.165, 1.54) is 12.4 Å². The smallest absolute Gasteiger partial charge is 0.348 e. The number of piperidine rings is 6. The normalized spacial score (nSPS) is 26.2. The molecule has 14 heteroatoms. The van der Waals surface area contributed by atoms with Gasteiger partial charge in [0.2, 0.25) is 0 Å². The Balaban J connectivity index is 0.890. The monoisotopic (exact) mass is 652 g/mol. The van der Waals surface area contributed by atoms with Gasteiger partial charge in [0.15, 0.2) is 0 Å². The van der Waals surface area contributed by atoms with E-state index < -0.39 is 11.9 Å². The fourth-order valence-electron chi connectivity index (χ4n) is 7.55. The molecule has 248 valence electrons. The number of aromatic nitrogens is 4. The minimum Gasteiger partial charge on any atom is -0.348 e. The van der Waals surface area contributed by atoms with Crippen LogP contribution in [0.3, 0.4) is 0 Å². The van der Waals surface area contributed by atoms with Gasteiger partial charge in [-0.25, -0.2) is 9.59 Å². The molecule has 48 heavy (non-hydrogen) atoms. The van der Waals surface area contributed by atoms with Crippen molar-refractivity contribution >= 4 is 45.6 Å². The van der Waals surface area contributed by atoms with Gasteiger partial charge in [-0.1, -0.05) is 21.8 Å². The molecule has 2 N–H and O–H groups in total. The lowest BCUT2D eigenvalue weighted by atomic mass is 9.84. The number of carbonyl (C=O) groups excluding carboxylic acids is 4. The zero-order valence-electron chi connectivity index (χ0n) is 26.3. The van der Waals surface area contributed by atoms with E-state index in [-0.39, 0.29) is 23.9 Å². The van der Waals surface area contributed by atoms with Crippen LogP contribution in [0.2, 0.25) is 0 Å². The molecule has 6 saturated heterocycles. The molecule has 0 radical (unpaired) electrons. The van der Waals surface area contributed by atoms with Crippen LogP contribution >= 0.6 is 0 Å². The number of rotatable bonds is 8. The van der Waals surface area contributed by atoms with Gasteiger partial charge in [-0.05, 0) is 88.0 Å². The van der Waals surface area contributed by atoms with Crippen LogP contribution in [0.15, 0.2) is 60.9 Å². The van der Waals surface area contributed by atoms with Crippen LogP contribution in [-0.2, 0) is 9.59 Å². The van der Waals surface area contributed by atoms with Crippen molar-refractivity contribution in [2.24, 2.45) is 11.8 Å². The van der Waals surface area contributed by atoms with Gasteiger partial charge in [-0.3, -0.25) is 9.59 Å². The number of nitrogens with one attached hydrogen (secondary N) is 2. The number of benzene rings is 2. The molecule has 4 aromatic rings. The summed E-state index contributed by atoms with van der Waals surface area (Å²) in [5.74, 6) is -1.16. The topological polar surface area (TPSA) is 153 Å². The van der Waals surface area contributed by atoms with Crippen LogP contribution < -0.4 is 20.3 Å². The zero-order chi connectivity index (χ0) is 32.8. The summed E-state index contributed by atoms with van der Waals surface area (Å²) in [6.45, 7) is 6.05. The largest absolute Gasteiger partial charge is 0.358 e. The van der Waals surface area contributed by atoms with Crippen molar-refractivity contribution in [3.05, 3.63) is 72.1 Å². The van der Waals surface area contributed by atoms with E-state index in [0.717, 1.165) is 86.8 Å². The fourth-order valence-corrected chi connectivity index (χ4v) is 7.55. The minimum absolute atomic E-state index is 0.115. The number of carbonyl (C=O) groups is 4. The van der Waals surface area contributed by atoms with Crippen molar-refractivity contribution in [1.29, 1.82) is 0 Å². The van der Waals surface area contributed by atoms with Gasteiger partial charge in [0.1, 0.15) is 11.0 Å². The molecule has 2 aromatic heterocycles. The maximum atomic E-state index is 13.1. The molecule has 6 fully saturated rings. The van der Waals surface area contributed by atoms with Crippen molar-refractivity contribution in [3.8, 4) is 0 Å². The molecule has 2 amide bonds. The highest BCUT2D eigenvalue weighted by atomic mass is 16.7. The second kappa shape index (κ2) is 12.5. The molecular formula is C34H36N8O6. The third kappa shape index (κ3) is 6.04. The average molecular weight is 653 g/mol. The van der Waals surface area contributed by atoms with Crippen molar-refractivity contribution in [2.45, 2.75) is 37.8 Å². The summed E-state index contributed by atoms with van der Waals surface area (Å²) >= 11 is 0. The highest BCUT2D eigenvalue weighted by Crippen LogP contribution is 2.29. The summed E-state index contributed by atoms with van der Waals surface area (Å²) in [5.41, 5.74) is 1.72. The molecular weight excluding hydrogens is 616 g/mol. The molecule has 2 aromatic carbocycles. The molecule has 0 unspecified atom stereocenters. The molecule has 8 heterocycles. The first kappa shape index (κ1) is 30.3. The van der Waals surface area contributed by atoms with Crippen LogP contribution in [0.25, 0.3) is 21.8 Å². The molecule has 2 atom stereocenters. The minimum atomic E-state index is -0.879. The quantitative estimate of drug-likeness (QED) is 0.266. The Labute approximate surface area is 275 Å². The lowest BCUT2D eigenvalue weighted by Gasteiger charge is -2.44. The first-order valence-electron chi connectivity index (χ1n) is 16.5. The summed E-state index contributed by atoms with van der Waals surface area (Å²) in [4.78, 5) is 68.9. The molecule has 6 aliphatic rings. The van der Waals surface area contributed by atoms with Crippen LogP contribution in [0.1, 0.15) is 46.4 Å². The van der Waals surface area contributed by atoms with Crippen molar-refractivity contribution in [3.63, 3.8) is 0 Å². The molecule has 0 spiro atoms. The van der Waals surface area contributed by atoms with Crippen LogP contribution in [0.4, 0.5) is 0 Å². The Hall–Kier alpha value is -5.08. The maximum Gasteiger partial charge on any atom is 0.358 e. The van der Waals surface area contributed by atoms with E-state index in [1.54, 1.807) is 36.4 Å². The lowest BCUT2D eigenvalue weighted by molar-refractivity contribution is -0.142. The number of nitrogens with zero attached hydrogens (tertiary/aromatic N) is 6. The standard InChI is InChI=1S/C34H36N8O6/c43-31(47-41-29-15-23(1-3-25(29)17-35-41)33(45)37-27-19-39-11-7-21(27)8-12-39)5-6-32(44)48-42-30-16-24(2-4-26(30)18-36-42)34(46)38-28-20-40-13-9-22(28)10-14-40/h1-6,15-18,21-22,27-28H,7-14,19-20H2,(H,37,45)(H,38,46)/b6-5+/t27-,28-/m0/s1. The first-order valence-corrected chi connectivity index (χ1v) is 16.5. The summed E-state index contributed by atoms with van der Waals surface area (Å²) in [6, 6.07) is 10.4. The third-order valence-electron chi connectivity index (χ3n) is 10.3. The number of amides is 2. The average Bonchev–Trinajstić information content (AvgIpc) is 3.71. The molecule has 0 aliphatic carbocycles. The first-order chi connectivity index (χ1) is 23.4. The second-order valence-corrected chi connectivity index (χ2v) is 13.2. The molecule has 4 bridgehead atoms. The van der Waals surface area contributed by atoms with Crippen molar-refractivity contribution in [1.82, 2.24) is 40.3 Å². The van der Waals surface area contributed by atoms with E-state index >= 15 is 0 Å². The summed E-state index contributed by atoms with van der Waals surface area (Å²) in [5, 5.41) is 15.9. The predicted octanol–water partition coefficient (Wildman–Crippen LogP) is 1.20. The van der Waals surface area contributed by atoms with E-state index in [9.17, 15) is 19.2 Å². The van der Waals surface area contributed by atoms with Crippen LogP contribution in [0, 0.1) is 11.8 Å². The molecule has 14 nitrogen and oxygen atoms in total. The van der Waals surface area contributed by atoms with Crippen LogP contribution in [0.5, 0.6) is 0 Å². The van der Waals surface area contributed by atoms with Gasteiger partial charge in [-0.2, -0.15) is 0 Å². The molecule has 6 aliphatic heterocycles. The van der Waals surface area contributed by atoms with Gasteiger partial charge < -0.3 is 30.1 Å². The maximum absolute atomic E-state index is 13.1. The Kier molecular flexibility index (Phi) is 7.89. The van der Waals surface area contributed by atoms with Crippen LogP contribution in [-0.4, -0.2) is 105 Å². The van der Waals surface area contributed by atoms with Gasteiger partial charge in [-0.15, -0.1) is 10.2 Å². The number of hydrogen-bond acceptors (Lipinski definition) is 10. The summed E-state index contributed by atoms with van der Waals surface area (Å²) in [7, 11) is 0. The molecule has 10 rings (SSSR count). The Morgan fingerprint density at radius 1 is 0.646 bits per heavy atom. The highest BCUT2D eigenvalue weighted by Gasteiger charge is 2.36. The van der Waals surface area contributed by atoms with E-state index in [0.29, 0.717) is 44.8 Å². The van der Waals surface area contributed by atoms with E-state index in [1.807, 2.05) is 0 Å². The number of fused-ring (bicyclic) bond motifs is 8. The summed E-state index contributed by atoms with van der Waals surface area (Å²) in [6.07, 6.45) is 9.22. The van der Waals surface area contributed by atoms with E-state index in [2.05, 4.69) is 30.6 Å². The zero-order valence-corrected chi connectivity index (χ0v) is 26.3. The van der Waals surface area contributed by atoms with E-state index in [4.69, 9.17) is 9.68 Å². The van der Waals surface area contributed by atoms with Gasteiger partial charge >= 0.3 is 11.9 Å². The Morgan fingerprint density at radius 3 is 1.44 bits per heavy atom. The highest BCUT2D eigenvalue weighted by molar-refractivity contribution is 5.99. The van der Waals surface area contributed by atoms with Gasteiger partial charge in [0, 0.05) is 59.2 Å². The van der Waals surface area contributed by atoms with Crippen molar-refractivity contribution in [2.75, 3.05) is 39.3 Å². The molecule has 0 saturated carbocycles. The summed E-state index contributed by atoms with van der Waals surface area (Å²) < 4.78 is 0. The van der Waals surface area contributed by atoms with Crippen molar-refractivity contribution < 1.29 is 28.9 Å². The SMILES string of the molecule is O=C(/C=C/C(=O)On1ncc2ccc(C(=O)N[C@H]3CN4CCC3CC4)cc21)On1ncc2ccc(C(=O)N[C@H]3CN4CCC3CC4)cc21. The Morgan fingerprint density at radius 2 is 1.06 bits per heavy atom. The fraction of sp³-hybridized carbons (Fsp3) is 0.412. The number of hydrogen-bond donors (Lipinski definition) is 2. The predicted molar refractivity (Wildman–Crippen MR) is 173 cm³/mol. The van der Waals surface area contributed by atoms with Gasteiger partial charge in [0.25, 0.3) is 11.8 Å². The Bertz CT molecular complexity index is 1800. The van der Waals surface area contributed by atoms with Gasteiger partial charge in [0.05, 0.1) is 12.4 Å².